The standard InChI is InChI=1S/C14H22N2.C8H8O/c1-11-8-12(2)16(9-11)10-14(15)13-6-4-3-5-7-13;1-2-4-7(5-3-1)8-6-9-8/h3-7,11-12,14H,8-10,15H2,1-2H3;1-5,8H,6H2/t11?,12?,14-;8-/m11/s1. The molecule has 2 aromatic rings. The summed E-state index contributed by atoms with van der Waals surface area (Å²) in [7, 11) is 0. The quantitative estimate of drug-likeness (QED) is 0.851. The molecule has 0 spiro atoms. The molecule has 2 fully saturated rings. The summed E-state index contributed by atoms with van der Waals surface area (Å²) in [4.78, 5) is 2.52. The van der Waals surface area contributed by atoms with E-state index in [1.807, 2.05) is 24.3 Å². The maximum absolute atomic E-state index is 6.24. The lowest BCUT2D eigenvalue weighted by atomic mass is 10.1. The maximum Gasteiger partial charge on any atom is 0.106 e. The first-order valence-corrected chi connectivity index (χ1v) is 9.34. The number of likely N-dealkylation sites (tertiary alicyclic amines) is 1. The Balaban J connectivity index is 0.000000170. The van der Waals surface area contributed by atoms with Gasteiger partial charge in [-0.25, -0.2) is 0 Å². The number of benzene rings is 2. The van der Waals surface area contributed by atoms with Gasteiger partial charge < -0.3 is 10.5 Å². The normalized spacial score (nSPS) is 26.6. The zero-order valence-electron chi connectivity index (χ0n) is 15.3. The van der Waals surface area contributed by atoms with Crippen LogP contribution in [0.2, 0.25) is 0 Å². The molecule has 134 valence electrons. The van der Waals surface area contributed by atoms with Gasteiger partial charge in [0, 0.05) is 25.2 Å². The van der Waals surface area contributed by atoms with Crippen molar-refractivity contribution in [2.75, 3.05) is 19.7 Å². The van der Waals surface area contributed by atoms with Crippen LogP contribution in [0.25, 0.3) is 0 Å². The Morgan fingerprint density at radius 1 is 1.04 bits per heavy atom. The largest absolute Gasteiger partial charge is 0.368 e. The Bertz CT molecular complexity index is 627. The summed E-state index contributed by atoms with van der Waals surface area (Å²) in [5, 5.41) is 0. The van der Waals surface area contributed by atoms with Gasteiger partial charge in [-0.2, -0.15) is 0 Å². The van der Waals surface area contributed by atoms with E-state index in [-0.39, 0.29) is 6.04 Å². The first-order valence-electron chi connectivity index (χ1n) is 9.34. The fourth-order valence-corrected chi connectivity index (χ4v) is 3.61. The molecule has 4 atom stereocenters. The average Bonchev–Trinajstić information content (AvgIpc) is 3.43. The highest BCUT2D eigenvalue weighted by molar-refractivity contribution is 5.20. The van der Waals surface area contributed by atoms with Gasteiger partial charge >= 0.3 is 0 Å². The molecule has 2 unspecified atom stereocenters. The van der Waals surface area contributed by atoms with E-state index >= 15 is 0 Å². The summed E-state index contributed by atoms with van der Waals surface area (Å²) in [6, 6.07) is 21.5. The Hall–Kier alpha value is -1.68. The van der Waals surface area contributed by atoms with Crippen molar-refractivity contribution >= 4 is 0 Å². The molecule has 0 aromatic heterocycles. The lowest BCUT2D eigenvalue weighted by Gasteiger charge is -2.25. The van der Waals surface area contributed by atoms with Crippen LogP contribution in [-0.4, -0.2) is 30.6 Å². The summed E-state index contributed by atoms with van der Waals surface area (Å²) >= 11 is 0. The number of rotatable bonds is 4. The van der Waals surface area contributed by atoms with Crippen LogP contribution >= 0.6 is 0 Å². The van der Waals surface area contributed by atoms with Crippen molar-refractivity contribution in [2.24, 2.45) is 11.7 Å². The van der Waals surface area contributed by atoms with Crippen molar-refractivity contribution in [1.29, 1.82) is 0 Å². The summed E-state index contributed by atoms with van der Waals surface area (Å²) in [6.45, 7) is 7.72. The van der Waals surface area contributed by atoms with Crippen LogP contribution in [0.5, 0.6) is 0 Å². The van der Waals surface area contributed by atoms with Gasteiger partial charge in [-0.05, 0) is 30.4 Å². The molecule has 2 heterocycles. The molecule has 2 aliphatic rings. The number of hydrogen-bond donors (Lipinski definition) is 1. The summed E-state index contributed by atoms with van der Waals surface area (Å²) in [5.41, 5.74) is 8.79. The minimum atomic E-state index is 0.147. The molecule has 2 saturated heterocycles. The predicted octanol–water partition coefficient (Wildman–Crippen LogP) is 4.17. The van der Waals surface area contributed by atoms with Crippen molar-refractivity contribution < 1.29 is 4.74 Å². The Kier molecular flexibility index (Phi) is 6.24. The second-order valence-electron chi connectivity index (χ2n) is 7.39. The predicted molar refractivity (Wildman–Crippen MR) is 103 cm³/mol. The van der Waals surface area contributed by atoms with Crippen LogP contribution in [0.4, 0.5) is 0 Å². The topological polar surface area (TPSA) is 41.8 Å². The van der Waals surface area contributed by atoms with E-state index in [0.29, 0.717) is 12.1 Å². The molecule has 2 aromatic carbocycles. The molecule has 0 bridgehead atoms. The van der Waals surface area contributed by atoms with Gasteiger partial charge in [0.25, 0.3) is 0 Å². The van der Waals surface area contributed by atoms with E-state index < -0.39 is 0 Å². The van der Waals surface area contributed by atoms with Crippen LogP contribution in [0.1, 0.15) is 43.5 Å². The molecule has 0 amide bonds. The zero-order chi connectivity index (χ0) is 17.6. The Morgan fingerprint density at radius 3 is 2.16 bits per heavy atom. The third-order valence-electron chi connectivity index (χ3n) is 5.08. The van der Waals surface area contributed by atoms with E-state index in [0.717, 1.165) is 19.1 Å². The van der Waals surface area contributed by atoms with Gasteiger partial charge in [0.2, 0.25) is 0 Å². The highest BCUT2D eigenvalue weighted by Gasteiger charge is 2.27. The van der Waals surface area contributed by atoms with Crippen molar-refractivity contribution in [3.63, 3.8) is 0 Å². The molecule has 3 heteroatoms. The second kappa shape index (κ2) is 8.61. The second-order valence-corrected chi connectivity index (χ2v) is 7.39. The number of epoxide rings is 1. The monoisotopic (exact) mass is 338 g/mol. The van der Waals surface area contributed by atoms with Crippen LogP contribution in [0.15, 0.2) is 60.7 Å². The van der Waals surface area contributed by atoms with Gasteiger partial charge in [0.15, 0.2) is 0 Å². The van der Waals surface area contributed by atoms with Crippen LogP contribution < -0.4 is 5.73 Å². The van der Waals surface area contributed by atoms with E-state index in [1.165, 1.54) is 24.1 Å². The molecule has 3 nitrogen and oxygen atoms in total. The SMILES string of the molecule is CC1CC(C)N(C[C@@H](N)c2ccccc2)C1.c1ccc([C@H]2CO2)cc1. The molecule has 0 aliphatic carbocycles. The Labute approximate surface area is 151 Å². The molecule has 0 radical (unpaired) electrons. The number of ether oxygens (including phenoxy) is 1. The molecular formula is C22H30N2O. The molecule has 2 aliphatic heterocycles. The summed E-state index contributed by atoms with van der Waals surface area (Å²) < 4.78 is 5.09. The lowest BCUT2D eigenvalue weighted by Crippen LogP contribution is -2.34. The van der Waals surface area contributed by atoms with Crippen molar-refractivity contribution in [3.8, 4) is 0 Å². The highest BCUT2D eigenvalue weighted by Crippen LogP contribution is 2.28. The number of nitrogens with zero attached hydrogens (tertiary/aromatic N) is 1. The van der Waals surface area contributed by atoms with Crippen LogP contribution in [-0.2, 0) is 4.74 Å². The lowest BCUT2D eigenvalue weighted by molar-refractivity contribution is 0.249. The van der Waals surface area contributed by atoms with E-state index in [4.69, 9.17) is 10.5 Å². The van der Waals surface area contributed by atoms with Crippen molar-refractivity contribution in [2.45, 2.75) is 38.5 Å². The first kappa shape index (κ1) is 18.1. The van der Waals surface area contributed by atoms with Gasteiger partial charge in [-0.15, -0.1) is 0 Å². The molecule has 25 heavy (non-hydrogen) atoms. The number of nitrogens with two attached hydrogens (primary N) is 1. The van der Waals surface area contributed by atoms with Crippen molar-refractivity contribution in [1.82, 2.24) is 4.90 Å². The molecule has 4 rings (SSSR count). The zero-order valence-corrected chi connectivity index (χ0v) is 15.3. The van der Waals surface area contributed by atoms with E-state index in [2.05, 4.69) is 55.1 Å². The minimum absolute atomic E-state index is 0.147. The summed E-state index contributed by atoms with van der Waals surface area (Å²) in [5.74, 6) is 0.818. The van der Waals surface area contributed by atoms with E-state index in [9.17, 15) is 0 Å². The maximum atomic E-state index is 6.24. The molecule has 2 N–H and O–H groups in total. The van der Waals surface area contributed by atoms with Gasteiger partial charge in [-0.1, -0.05) is 67.6 Å². The third-order valence-corrected chi connectivity index (χ3v) is 5.08. The summed E-state index contributed by atoms with van der Waals surface area (Å²) in [6.07, 6.45) is 1.72. The van der Waals surface area contributed by atoms with Gasteiger partial charge in [0.05, 0.1) is 6.61 Å². The fourth-order valence-electron chi connectivity index (χ4n) is 3.61. The fraction of sp³-hybridized carbons (Fsp3) is 0.455. The van der Waals surface area contributed by atoms with E-state index in [1.54, 1.807) is 0 Å². The highest BCUT2D eigenvalue weighted by atomic mass is 16.6. The third kappa shape index (κ3) is 5.40. The van der Waals surface area contributed by atoms with Crippen LogP contribution in [0, 0.1) is 5.92 Å². The molecule has 0 saturated carbocycles. The number of hydrogen-bond acceptors (Lipinski definition) is 3. The average molecular weight is 338 g/mol. The van der Waals surface area contributed by atoms with Crippen molar-refractivity contribution in [3.05, 3.63) is 71.8 Å². The first-order chi connectivity index (χ1) is 12.1. The van der Waals surface area contributed by atoms with Crippen LogP contribution in [0.3, 0.4) is 0 Å². The van der Waals surface area contributed by atoms with Gasteiger partial charge in [0.1, 0.15) is 6.10 Å². The smallest absolute Gasteiger partial charge is 0.106 e. The van der Waals surface area contributed by atoms with Gasteiger partial charge in [-0.3, -0.25) is 4.90 Å². The Morgan fingerprint density at radius 2 is 1.64 bits per heavy atom. The molecular weight excluding hydrogens is 308 g/mol. The minimum Gasteiger partial charge on any atom is -0.368 e.